The molecule has 6 atom stereocenters. The van der Waals surface area contributed by atoms with Crippen LogP contribution in [0.2, 0.25) is 0 Å². The number of unbranched alkanes of at least 4 members (excludes halogenated alkanes) is 12. The molecule has 2 unspecified atom stereocenters. The number of allylic oxidation sites excluding steroid dienone is 14. The quantitative estimate of drug-likeness (QED) is 0.0215. The van der Waals surface area contributed by atoms with E-state index in [4.69, 9.17) is 18.9 Å². The predicted molar refractivity (Wildman–Crippen MR) is 228 cm³/mol. The molecule has 0 aromatic carbocycles. The van der Waals surface area contributed by atoms with Crippen molar-refractivity contribution in [2.45, 2.75) is 179 Å². The third kappa shape index (κ3) is 28.9. The number of ether oxygens (including phenoxy) is 4. The van der Waals surface area contributed by atoms with Crippen LogP contribution in [0.1, 0.15) is 142 Å². The van der Waals surface area contributed by atoms with Crippen LogP contribution < -0.4 is 0 Å². The Hall–Kier alpha value is -3.12. The van der Waals surface area contributed by atoms with Crippen LogP contribution in [0.25, 0.3) is 0 Å². The zero-order valence-corrected chi connectivity index (χ0v) is 35.0. The van der Waals surface area contributed by atoms with E-state index >= 15 is 0 Å². The van der Waals surface area contributed by atoms with Gasteiger partial charge in [-0.15, -0.1) is 0 Å². The number of carbonyl (C=O) groups excluding carboxylic acids is 2. The summed E-state index contributed by atoms with van der Waals surface area (Å²) in [6.45, 7) is 3.18. The number of hydrogen-bond acceptors (Lipinski definition) is 10. The average Bonchev–Trinajstić information content (AvgIpc) is 3.21. The van der Waals surface area contributed by atoms with Gasteiger partial charge in [-0.2, -0.15) is 0 Å². The molecular weight excluding hydrogens is 725 g/mol. The summed E-state index contributed by atoms with van der Waals surface area (Å²) in [6.07, 6.45) is 40.1. The Bertz CT molecular complexity index is 1200. The van der Waals surface area contributed by atoms with Crippen molar-refractivity contribution in [2.75, 3.05) is 19.8 Å². The van der Waals surface area contributed by atoms with Crippen LogP contribution in [0.5, 0.6) is 0 Å². The molecule has 1 aliphatic rings. The van der Waals surface area contributed by atoms with Crippen LogP contribution in [0.4, 0.5) is 0 Å². The third-order valence-electron chi connectivity index (χ3n) is 9.36. The van der Waals surface area contributed by atoms with Crippen molar-refractivity contribution in [2.24, 2.45) is 0 Å². The first-order chi connectivity index (χ1) is 27.8. The Kier molecular flexibility index (Phi) is 33.8. The lowest BCUT2D eigenvalue weighted by Gasteiger charge is -2.39. The standard InChI is InChI=1S/C47H76O10/c1-3-5-7-9-11-13-15-17-19-20-22-23-25-27-29-31-33-35-42(49)54-38-40(39-55-47-46(53)45(52)44(51)41(37-48)57-47)56-43(50)36-34-32-30-28-26-24-21-18-16-14-12-10-8-6-4-2/h6,8,10-14,16-19,21-23,40-41,44-48,51-53H,3-5,7,9,15,20,24-39H2,1-2H3/b8-6+,12-10+,13-11+,16-14+,19-17+,21-18+,23-22+/t40-,41-,44+,45?,46?,47-/m0/s1. The summed E-state index contributed by atoms with van der Waals surface area (Å²) in [5.74, 6) is -0.869. The molecule has 1 saturated heterocycles. The molecule has 0 amide bonds. The zero-order chi connectivity index (χ0) is 41.6. The average molecular weight is 801 g/mol. The molecule has 0 aromatic rings. The van der Waals surface area contributed by atoms with E-state index in [9.17, 15) is 30.0 Å². The van der Waals surface area contributed by atoms with Gasteiger partial charge in [0.05, 0.1) is 13.2 Å². The summed E-state index contributed by atoms with van der Waals surface area (Å²) in [6, 6.07) is 0. The van der Waals surface area contributed by atoms with Gasteiger partial charge in [0.25, 0.3) is 0 Å². The second-order valence-corrected chi connectivity index (χ2v) is 14.5. The van der Waals surface area contributed by atoms with Crippen LogP contribution in [-0.2, 0) is 28.5 Å². The van der Waals surface area contributed by atoms with Crippen molar-refractivity contribution in [3.05, 3.63) is 85.1 Å². The van der Waals surface area contributed by atoms with Crippen molar-refractivity contribution in [1.29, 1.82) is 0 Å². The number of aliphatic hydroxyl groups is 4. The largest absolute Gasteiger partial charge is 0.462 e. The Morgan fingerprint density at radius 2 is 1.11 bits per heavy atom. The summed E-state index contributed by atoms with van der Waals surface area (Å²) >= 11 is 0. The minimum absolute atomic E-state index is 0.193. The monoisotopic (exact) mass is 801 g/mol. The van der Waals surface area contributed by atoms with Gasteiger partial charge in [0.2, 0.25) is 0 Å². The summed E-state index contributed by atoms with van der Waals surface area (Å²) in [5.41, 5.74) is 0. The normalized spacial score (nSPS) is 21.1. The fraction of sp³-hybridized carbons (Fsp3) is 0.660. The van der Waals surface area contributed by atoms with Gasteiger partial charge in [-0.1, -0.05) is 144 Å². The van der Waals surface area contributed by atoms with Crippen molar-refractivity contribution in [3.8, 4) is 0 Å². The third-order valence-corrected chi connectivity index (χ3v) is 9.36. The highest BCUT2D eigenvalue weighted by Crippen LogP contribution is 2.22. The minimum Gasteiger partial charge on any atom is -0.462 e. The molecular formula is C47H76O10. The van der Waals surface area contributed by atoms with E-state index in [-0.39, 0.29) is 26.1 Å². The van der Waals surface area contributed by atoms with Gasteiger partial charge in [-0.25, -0.2) is 0 Å². The molecule has 1 fully saturated rings. The number of rotatable bonds is 34. The van der Waals surface area contributed by atoms with Crippen molar-refractivity contribution in [3.63, 3.8) is 0 Å². The highest BCUT2D eigenvalue weighted by atomic mass is 16.7. The molecule has 10 nitrogen and oxygen atoms in total. The highest BCUT2D eigenvalue weighted by Gasteiger charge is 2.44. The maximum absolute atomic E-state index is 12.7. The van der Waals surface area contributed by atoms with Gasteiger partial charge >= 0.3 is 11.9 Å². The van der Waals surface area contributed by atoms with Crippen molar-refractivity contribution < 1.29 is 49.0 Å². The molecule has 4 N–H and O–H groups in total. The molecule has 0 radical (unpaired) electrons. The van der Waals surface area contributed by atoms with E-state index in [1.807, 2.05) is 30.4 Å². The van der Waals surface area contributed by atoms with E-state index in [1.165, 1.54) is 25.7 Å². The Balaban J connectivity index is 2.39. The van der Waals surface area contributed by atoms with Crippen LogP contribution in [-0.4, -0.2) is 89.0 Å². The van der Waals surface area contributed by atoms with Gasteiger partial charge in [-0.05, 0) is 70.6 Å². The van der Waals surface area contributed by atoms with Gasteiger partial charge in [0.1, 0.15) is 31.0 Å². The van der Waals surface area contributed by atoms with Gasteiger partial charge in [-0.3, -0.25) is 9.59 Å². The summed E-state index contributed by atoms with van der Waals surface area (Å²) < 4.78 is 22.1. The lowest BCUT2D eigenvalue weighted by atomic mass is 9.99. The van der Waals surface area contributed by atoms with E-state index < -0.39 is 55.4 Å². The van der Waals surface area contributed by atoms with Gasteiger partial charge in [0.15, 0.2) is 12.4 Å². The SMILES string of the molecule is CC/C=C/C=C/C=C/C=C/CCCCCCCC(=O)O[C@@H](COC(=O)CCCCCC/C=C/C/C=C/C/C=C/CCCCC)CO[C@H]1O[C@@H](CO)[C@@H](O)C(O)C1O. The van der Waals surface area contributed by atoms with E-state index in [0.29, 0.717) is 12.8 Å². The zero-order valence-electron chi connectivity index (χ0n) is 35.0. The Labute approximate surface area is 344 Å². The molecule has 324 valence electrons. The predicted octanol–water partition coefficient (Wildman–Crippen LogP) is 8.99. The van der Waals surface area contributed by atoms with E-state index in [1.54, 1.807) is 0 Å². The molecule has 0 saturated carbocycles. The van der Waals surface area contributed by atoms with Crippen LogP contribution in [0, 0.1) is 0 Å². The van der Waals surface area contributed by atoms with E-state index in [2.05, 4.69) is 68.5 Å². The van der Waals surface area contributed by atoms with Crippen molar-refractivity contribution in [1.82, 2.24) is 0 Å². The number of hydrogen-bond donors (Lipinski definition) is 4. The first kappa shape index (κ1) is 51.9. The number of carbonyl (C=O) groups is 2. The molecule has 0 bridgehead atoms. The second kappa shape index (κ2) is 37.2. The highest BCUT2D eigenvalue weighted by molar-refractivity contribution is 5.70. The fourth-order valence-electron chi connectivity index (χ4n) is 5.91. The first-order valence-electron chi connectivity index (χ1n) is 21.7. The van der Waals surface area contributed by atoms with Crippen LogP contribution >= 0.6 is 0 Å². The summed E-state index contributed by atoms with van der Waals surface area (Å²) in [5, 5.41) is 40.0. The molecule has 1 rings (SSSR count). The molecule has 0 aliphatic carbocycles. The maximum atomic E-state index is 12.7. The molecule has 0 spiro atoms. The topological polar surface area (TPSA) is 152 Å². The van der Waals surface area contributed by atoms with Crippen LogP contribution in [0.3, 0.4) is 0 Å². The van der Waals surface area contributed by atoms with Crippen molar-refractivity contribution >= 4 is 11.9 Å². The summed E-state index contributed by atoms with van der Waals surface area (Å²) in [7, 11) is 0. The molecule has 0 aromatic heterocycles. The number of esters is 2. The van der Waals surface area contributed by atoms with E-state index in [0.717, 1.165) is 77.0 Å². The Morgan fingerprint density at radius 3 is 1.72 bits per heavy atom. The molecule has 1 heterocycles. The molecule has 1 aliphatic heterocycles. The molecule has 57 heavy (non-hydrogen) atoms. The van der Waals surface area contributed by atoms with Crippen LogP contribution in [0.15, 0.2) is 85.1 Å². The minimum atomic E-state index is -1.61. The molecule has 10 heteroatoms. The lowest BCUT2D eigenvalue weighted by Crippen LogP contribution is -2.59. The van der Waals surface area contributed by atoms with Gasteiger partial charge in [0, 0.05) is 12.8 Å². The second-order valence-electron chi connectivity index (χ2n) is 14.5. The number of aliphatic hydroxyl groups excluding tert-OH is 4. The first-order valence-corrected chi connectivity index (χ1v) is 21.7. The summed E-state index contributed by atoms with van der Waals surface area (Å²) in [4.78, 5) is 25.3. The fourth-order valence-corrected chi connectivity index (χ4v) is 5.91. The van der Waals surface area contributed by atoms with Gasteiger partial charge < -0.3 is 39.4 Å². The Morgan fingerprint density at radius 1 is 0.579 bits per heavy atom. The lowest BCUT2D eigenvalue weighted by molar-refractivity contribution is -0.305. The smallest absolute Gasteiger partial charge is 0.306 e. The maximum Gasteiger partial charge on any atom is 0.306 e.